The van der Waals surface area contributed by atoms with E-state index in [2.05, 4.69) is 34.6 Å². The first-order chi connectivity index (χ1) is 19.2. The number of hydrogen-bond donors (Lipinski definition) is 0. The van der Waals surface area contributed by atoms with Crippen LogP contribution < -0.4 is 0 Å². The van der Waals surface area contributed by atoms with Gasteiger partial charge in [0.25, 0.3) is 0 Å². The van der Waals surface area contributed by atoms with E-state index in [0.717, 1.165) is 64.2 Å². The summed E-state index contributed by atoms with van der Waals surface area (Å²) in [5, 5.41) is 0. The summed E-state index contributed by atoms with van der Waals surface area (Å²) >= 11 is 0. The van der Waals surface area contributed by atoms with Gasteiger partial charge < -0.3 is 14.2 Å². The van der Waals surface area contributed by atoms with E-state index in [9.17, 15) is 14.4 Å². The van der Waals surface area contributed by atoms with Gasteiger partial charge in [-0.2, -0.15) is 0 Å². The topological polar surface area (TPSA) is 78.9 Å². The second-order valence-corrected chi connectivity index (χ2v) is 12.1. The van der Waals surface area contributed by atoms with Crippen molar-refractivity contribution in [2.75, 3.05) is 13.2 Å². The molecule has 0 aromatic rings. The smallest absolute Gasteiger partial charge is 0.306 e. The maximum absolute atomic E-state index is 12.9. The first-order valence-corrected chi connectivity index (χ1v) is 16.8. The van der Waals surface area contributed by atoms with E-state index in [1.165, 1.54) is 38.5 Å². The maximum atomic E-state index is 12.9. The zero-order valence-corrected chi connectivity index (χ0v) is 27.1. The Labute approximate surface area is 247 Å². The third kappa shape index (κ3) is 23.1. The Morgan fingerprint density at radius 3 is 1.43 bits per heavy atom. The van der Waals surface area contributed by atoms with Crippen LogP contribution in [0.15, 0.2) is 0 Å². The van der Waals surface area contributed by atoms with Crippen molar-refractivity contribution in [3.63, 3.8) is 0 Å². The molecule has 0 radical (unpaired) electrons. The quantitative estimate of drug-likeness (QED) is 0.0558. The number of ether oxygens (including phenoxy) is 3. The van der Waals surface area contributed by atoms with E-state index in [-0.39, 0.29) is 43.3 Å². The van der Waals surface area contributed by atoms with Crippen LogP contribution in [0.4, 0.5) is 0 Å². The Kier molecular flexibility index (Phi) is 25.3. The van der Waals surface area contributed by atoms with Gasteiger partial charge in [-0.15, -0.1) is 0 Å². The molecule has 0 fully saturated rings. The lowest BCUT2D eigenvalue weighted by molar-refractivity contribution is -0.153. The van der Waals surface area contributed by atoms with Crippen molar-refractivity contribution in [2.45, 2.75) is 170 Å². The zero-order chi connectivity index (χ0) is 30.0. The Balaban J connectivity index is 4.81. The van der Waals surface area contributed by atoms with Gasteiger partial charge in [0.05, 0.1) is 13.2 Å². The SMILES string of the molecule is CCCCCCCCOC(=O)CC(CC(=O)OCCCCCCCC)CC(=O)OC(CC)CC(C)CC(C)CC. The van der Waals surface area contributed by atoms with Crippen LogP contribution in [-0.2, 0) is 28.6 Å². The molecule has 0 rings (SSSR count). The summed E-state index contributed by atoms with van der Waals surface area (Å²) in [7, 11) is 0. The first-order valence-electron chi connectivity index (χ1n) is 16.8. The summed E-state index contributed by atoms with van der Waals surface area (Å²) in [5.74, 6) is -0.417. The highest BCUT2D eigenvalue weighted by atomic mass is 16.5. The van der Waals surface area contributed by atoms with Gasteiger partial charge in [0.1, 0.15) is 6.10 Å². The van der Waals surface area contributed by atoms with Gasteiger partial charge in [-0.1, -0.05) is 112 Å². The highest BCUT2D eigenvalue weighted by Crippen LogP contribution is 2.23. The lowest BCUT2D eigenvalue weighted by Crippen LogP contribution is -2.25. The van der Waals surface area contributed by atoms with Gasteiger partial charge in [-0.25, -0.2) is 0 Å². The fraction of sp³-hybridized carbons (Fsp3) is 0.912. The van der Waals surface area contributed by atoms with Gasteiger partial charge in [-0.05, 0) is 49.9 Å². The van der Waals surface area contributed by atoms with Crippen molar-refractivity contribution in [1.82, 2.24) is 0 Å². The van der Waals surface area contributed by atoms with Gasteiger partial charge >= 0.3 is 17.9 Å². The molecule has 0 aromatic carbocycles. The summed E-state index contributed by atoms with van der Waals surface area (Å²) < 4.78 is 16.7. The molecule has 0 aliphatic rings. The molecule has 0 aliphatic carbocycles. The van der Waals surface area contributed by atoms with Crippen molar-refractivity contribution in [2.24, 2.45) is 17.8 Å². The minimum atomic E-state index is -0.475. The third-order valence-electron chi connectivity index (χ3n) is 7.81. The van der Waals surface area contributed by atoms with Crippen molar-refractivity contribution < 1.29 is 28.6 Å². The predicted molar refractivity (Wildman–Crippen MR) is 164 cm³/mol. The molecule has 0 saturated carbocycles. The second kappa shape index (κ2) is 26.3. The largest absolute Gasteiger partial charge is 0.466 e. The molecule has 0 bridgehead atoms. The molecule has 40 heavy (non-hydrogen) atoms. The summed E-state index contributed by atoms with van der Waals surface area (Å²) in [6.45, 7) is 13.9. The Hall–Kier alpha value is -1.59. The van der Waals surface area contributed by atoms with E-state index in [0.29, 0.717) is 25.0 Å². The number of esters is 3. The Bertz CT molecular complexity index is 602. The second-order valence-electron chi connectivity index (χ2n) is 12.1. The summed E-state index contributed by atoms with van der Waals surface area (Å²) in [4.78, 5) is 38.0. The lowest BCUT2D eigenvalue weighted by atomic mass is 9.90. The Morgan fingerprint density at radius 1 is 0.525 bits per heavy atom. The highest BCUT2D eigenvalue weighted by molar-refractivity contribution is 5.76. The van der Waals surface area contributed by atoms with E-state index in [1.54, 1.807) is 0 Å². The monoisotopic (exact) mass is 568 g/mol. The molecular weight excluding hydrogens is 504 g/mol. The van der Waals surface area contributed by atoms with Gasteiger partial charge in [0.15, 0.2) is 0 Å². The average molecular weight is 569 g/mol. The molecular formula is C34H64O6. The fourth-order valence-corrected chi connectivity index (χ4v) is 5.11. The van der Waals surface area contributed by atoms with Crippen molar-refractivity contribution >= 4 is 17.9 Å². The standard InChI is InChI=1S/C34H64O6/c1-7-11-13-15-17-19-21-38-32(35)25-30(26-33(36)39-22-20-18-16-14-12-8-2)27-34(37)40-31(10-4)24-29(6)23-28(5)9-3/h28-31H,7-27H2,1-6H3. The highest BCUT2D eigenvalue weighted by Gasteiger charge is 2.25. The number of unbranched alkanes of at least 4 members (excludes halogenated alkanes) is 10. The molecule has 236 valence electrons. The molecule has 6 nitrogen and oxygen atoms in total. The van der Waals surface area contributed by atoms with Gasteiger partial charge in [0, 0.05) is 19.3 Å². The molecule has 3 unspecified atom stereocenters. The minimum absolute atomic E-state index is 0.0223. The molecule has 0 saturated heterocycles. The van der Waals surface area contributed by atoms with E-state index >= 15 is 0 Å². The maximum Gasteiger partial charge on any atom is 0.306 e. The third-order valence-corrected chi connectivity index (χ3v) is 7.81. The predicted octanol–water partition coefficient (Wildman–Crippen LogP) is 9.36. The van der Waals surface area contributed by atoms with Crippen LogP contribution in [-0.4, -0.2) is 37.2 Å². The summed E-state index contributed by atoms with van der Waals surface area (Å²) in [5.41, 5.74) is 0. The molecule has 0 N–H and O–H groups in total. The molecule has 0 aromatic heterocycles. The van der Waals surface area contributed by atoms with Crippen molar-refractivity contribution in [3.05, 3.63) is 0 Å². The van der Waals surface area contributed by atoms with E-state index < -0.39 is 5.92 Å². The minimum Gasteiger partial charge on any atom is -0.466 e. The van der Waals surface area contributed by atoms with E-state index in [1.807, 2.05) is 6.92 Å². The summed E-state index contributed by atoms with van der Waals surface area (Å²) in [6.07, 6.45) is 17.2. The Morgan fingerprint density at radius 2 is 0.975 bits per heavy atom. The lowest BCUT2D eigenvalue weighted by Gasteiger charge is -2.23. The van der Waals surface area contributed by atoms with Crippen LogP contribution >= 0.6 is 0 Å². The normalized spacial score (nSPS) is 13.6. The molecule has 0 aliphatic heterocycles. The van der Waals surface area contributed by atoms with Crippen LogP contribution in [0, 0.1) is 17.8 Å². The fourth-order valence-electron chi connectivity index (χ4n) is 5.11. The molecule has 0 heterocycles. The number of carbonyl (C=O) groups excluding carboxylic acids is 3. The van der Waals surface area contributed by atoms with Crippen LogP contribution in [0.25, 0.3) is 0 Å². The van der Waals surface area contributed by atoms with Gasteiger partial charge in [-0.3, -0.25) is 14.4 Å². The molecule has 0 spiro atoms. The molecule has 3 atom stereocenters. The number of carbonyl (C=O) groups is 3. The molecule has 0 amide bonds. The number of hydrogen-bond acceptors (Lipinski definition) is 6. The summed E-state index contributed by atoms with van der Waals surface area (Å²) in [6, 6.07) is 0. The first kappa shape index (κ1) is 38.4. The number of rotatable bonds is 27. The van der Waals surface area contributed by atoms with Crippen LogP contribution in [0.2, 0.25) is 0 Å². The average Bonchev–Trinajstić information content (AvgIpc) is 2.91. The van der Waals surface area contributed by atoms with Crippen molar-refractivity contribution in [3.8, 4) is 0 Å². The van der Waals surface area contributed by atoms with E-state index in [4.69, 9.17) is 14.2 Å². The van der Waals surface area contributed by atoms with Crippen molar-refractivity contribution in [1.29, 1.82) is 0 Å². The van der Waals surface area contributed by atoms with Crippen LogP contribution in [0.3, 0.4) is 0 Å². The molecule has 6 heteroatoms. The van der Waals surface area contributed by atoms with Gasteiger partial charge in [0.2, 0.25) is 0 Å². The van der Waals surface area contributed by atoms with Crippen LogP contribution in [0.5, 0.6) is 0 Å². The van der Waals surface area contributed by atoms with Crippen LogP contribution in [0.1, 0.15) is 164 Å². The zero-order valence-electron chi connectivity index (χ0n) is 27.1.